The van der Waals surface area contributed by atoms with Crippen LogP contribution in [0.4, 0.5) is 28.9 Å². The second-order valence-corrected chi connectivity index (χ2v) is 5.99. The van der Waals surface area contributed by atoms with Gasteiger partial charge >= 0.3 is 12.1 Å². The van der Waals surface area contributed by atoms with Crippen molar-refractivity contribution in [3.63, 3.8) is 0 Å². The largest absolute Gasteiger partial charge is 0.478 e. The first kappa shape index (κ1) is 18.0. The maximum Gasteiger partial charge on any atom is 0.416 e. The number of anilines is 2. The smallest absolute Gasteiger partial charge is 0.416 e. The fraction of sp³-hybridized carbons (Fsp3) is 0.278. The summed E-state index contributed by atoms with van der Waals surface area (Å²) in [6.07, 6.45) is -4.39. The Bertz CT molecular complexity index is 815. The van der Waals surface area contributed by atoms with Crippen molar-refractivity contribution in [3.05, 3.63) is 59.4 Å². The van der Waals surface area contributed by atoms with E-state index in [1.165, 1.54) is 24.3 Å². The summed E-state index contributed by atoms with van der Waals surface area (Å²) in [5, 5.41) is 8.87. The van der Waals surface area contributed by atoms with Gasteiger partial charge in [-0.3, -0.25) is 0 Å². The Morgan fingerprint density at radius 3 is 2.00 bits per heavy atom. The van der Waals surface area contributed by atoms with Crippen LogP contribution >= 0.6 is 0 Å². The van der Waals surface area contributed by atoms with E-state index in [0.717, 1.165) is 12.1 Å². The van der Waals surface area contributed by atoms with E-state index < -0.39 is 29.1 Å². The molecule has 0 aliphatic carbocycles. The third-order valence-electron chi connectivity index (χ3n) is 4.37. The summed E-state index contributed by atoms with van der Waals surface area (Å²) in [6.45, 7) is 1.93. The van der Waals surface area contributed by atoms with Crippen LogP contribution in [0.25, 0.3) is 0 Å². The van der Waals surface area contributed by atoms with Gasteiger partial charge in [0.2, 0.25) is 0 Å². The molecule has 1 saturated heterocycles. The lowest BCUT2D eigenvalue weighted by Crippen LogP contribution is -2.46. The number of carboxylic acids is 1. The van der Waals surface area contributed by atoms with E-state index in [2.05, 4.69) is 0 Å². The number of piperazine rings is 1. The zero-order chi connectivity index (χ0) is 18.9. The molecule has 1 N–H and O–H groups in total. The van der Waals surface area contributed by atoms with Crippen LogP contribution in [0.5, 0.6) is 0 Å². The Morgan fingerprint density at radius 1 is 0.923 bits per heavy atom. The summed E-state index contributed by atoms with van der Waals surface area (Å²) in [4.78, 5) is 14.6. The maximum atomic E-state index is 13.8. The third-order valence-corrected chi connectivity index (χ3v) is 4.37. The normalized spacial score (nSPS) is 15.2. The monoisotopic (exact) mass is 368 g/mol. The molecule has 1 fully saturated rings. The van der Waals surface area contributed by atoms with Gasteiger partial charge in [-0.05, 0) is 36.4 Å². The molecule has 3 rings (SSSR count). The predicted octanol–water partition coefficient (Wildman–Crippen LogP) is 3.87. The van der Waals surface area contributed by atoms with Gasteiger partial charge in [0.25, 0.3) is 0 Å². The van der Waals surface area contributed by atoms with Crippen LogP contribution in [0.3, 0.4) is 0 Å². The van der Waals surface area contributed by atoms with Crippen molar-refractivity contribution < 1.29 is 27.5 Å². The van der Waals surface area contributed by atoms with Crippen LogP contribution in [0.2, 0.25) is 0 Å². The quantitative estimate of drug-likeness (QED) is 0.836. The minimum Gasteiger partial charge on any atom is -0.478 e. The number of nitrogens with zero attached hydrogens (tertiary/aromatic N) is 2. The fourth-order valence-electron chi connectivity index (χ4n) is 2.98. The summed E-state index contributed by atoms with van der Waals surface area (Å²) in [7, 11) is 0. The average molecular weight is 368 g/mol. The molecule has 1 aliphatic heterocycles. The summed E-state index contributed by atoms with van der Waals surface area (Å²) in [5.74, 6) is -2.14. The lowest BCUT2D eigenvalue weighted by atomic mass is 10.1. The minimum atomic E-state index is -4.39. The Morgan fingerprint density at radius 2 is 1.50 bits per heavy atom. The number of hydrogen-bond acceptors (Lipinski definition) is 3. The van der Waals surface area contributed by atoms with E-state index in [1.807, 2.05) is 9.80 Å². The van der Waals surface area contributed by atoms with Gasteiger partial charge in [-0.1, -0.05) is 6.07 Å². The van der Waals surface area contributed by atoms with E-state index in [0.29, 0.717) is 37.6 Å². The van der Waals surface area contributed by atoms with Gasteiger partial charge in [0.15, 0.2) is 0 Å². The zero-order valence-electron chi connectivity index (χ0n) is 13.6. The van der Waals surface area contributed by atoms with Gasteiger partial charge < -0.3 is 14.9 Å². The number of halogens is 4. The molecule has 0 saturated carbocycles. The van der Waals surface area contributed by atoms with Crippen molar-refractivity contribution >= 4 is 17.3 Å². The van der Waals surface area contributed by atoms with Crippen LogP contribution in [-0.2, 0) is 6.18 Å². The molecule has 0 atom stereocenters. The Balaban J connectivity index is 1.70. The third kappa shape index (κ3) is 3.74. The number of aromatic carboxylic acids is 1. The highest BCUT2D eigenvalue weighted by Gasteiger charge is 2.31. The number of carboxylic acid groups (broad SMARTS) is 1. The lowest BCUT2D eigenvalue weighted by molar-refractivity contribution is -0.137. The molecular formula is C18H16F4N2O2. The van der Waals surface area contributed by atoms with E-state index in [1.54, 1.807) is 6.07 Å². The molecule has 0 aromatic heterocycles. The van der Waals surface area contributed by atoms with Crippen molar-refractivity contribution in [1.29, 1.82) is 0 Å². The second kappa shape index (κ2) is 6.86. The first-order chi connectivity index (χ1) is 12.3. The Hall–Kier alpha value is -2.77. The molecule has 0 radical (unpaired) electrons. The Labute approximate surface area is 147 Å². The van der Waals surface area contributed by atoms with Gasteiger partial charge in [0.1, 0.15) is 5.82 Å². The van der Waals surface area contributed by atoms with Crippen LogP contribution in [0.15, 0.2) is 42.5 Å². The molecule has 0 spiro atoms. The standard InChI is InChI=1S/C18H16F4N2O2/c19-16-11-14(4-5-15(16)17(25)26)24-8-6-23(7-9-24)13-3-1-2-12(10-13)18(20,21)22/h1-5,10-11H,6-9H2,(H,25,26). The topological polar surface area (TPSA) is 43.8 Å². The molecule has 138 valence electrons. The van der Waals surface area contributed by atoms with Crippen molar-refractivity contribution in [2.45, 2.75) is 6.18 Å². The molecule has 1 aliphatic rings. The molecule has 2 aromatic rings. The summed E-state index contributed by atoms with van der Waals surface area (Å²) >= 11 is 0. The van der Waals surface area contributed by atoms with Crippen LogP contribution in [0.1, 0.15) is 15.9 Å². The van der Waals surface area contributed by atoms with E-state index in [-0.39, 0.29) is 0 Å². The number of benzene rings is 2. The minimum absolute atomic E-state index is 0.392. The molecule has 0 bridgehead atoms. The van der Waals surface area contributed by atoms with Crippen molar-refractivity contribution in [1.82, 2.24) is 0 Å². The first-order valence-corrected chi connectivity index (χ1v) is 7.96. The van der Waals surface area contributed by atoms with Gasteiger partial charge in [0, 0.05) is 37.6 Å². The predicted molar refractivity (Wildman–Crippen MR) is 89.2 cm³/mol. The number of carbonyl (C=O) groups is 1. The summed E-state index contributed by atoms with van der Waals surface area (Å²) in [5.41, 5.74) is -0.0387. The maximum absolute atomic E-state index is 13.8. The molecule has 4 nitrogen and oxygen atoms in total. The van der Waals surface area contributed by atoms with Gasteiger partial charge in [-0.25, -0.2) is 9.18 Å². The van der Waals surface area contributed by atoms with Gasteiger partial charge in [0.05, 0.1) is 11.1 Å². The summed E-state index contributed by atoms with van der Waals surface area (Å²) < 4.78 is 52.4. The van der Waals surface area contributed by atoms with E-state index >= 15 is 0 Å². The van der Waals surface area contributed by atoms with Crippen molar-refractivity contribution in [2.75, 3.05) is 36.0 Å². The van der Waals surface area contributed by atoms with Crippen LogP contribution in [0, 0.1) is 5.82 Å². The van der Waals surface area contributed by atoms with Gasteiger partial charge in [-0.2, -0.15) is 13.2 Å². The first-order valence-electron chi connectivity index (χ1n) is 7.96. The SMILES string of the molecule is O=C(O)c1ccc(N2CCN(c3cccc(C(F)(F)F)c3)CC2)cc1F. The average Bonchev–Trinajstić information content (AvgIpc) is 2.61. The highest BCUT2D eigenvalue weighted by atomic mass is 19.4. The van der Waals surface area contributed by atoms with Crippen LogP contribution < -0.4 is 9.80 Å². The highest BCUT2D eigenvalue weighted by molar-refractivity contribution is 5.88. The Kier molecular flexibility index (Phi) is 4.76. The molecule has 2 aromatic carbocycles. The zero-order valence-corrected chi connectivity index (χ0v) is 13.6. The van der Waals surface area contributed by atoms with E-state index in [9.17, 15) is 22.4 Å². The molecule has 26 heavy (non-hydrogen) atoms. The number of rotatable bonds is 3. The molecule has 0 unspecified atom stereocenters. The van der Waals surface area contributed by atoms with E-state index in [4.69, 9.17) is 5.11 Å². The number of alkyl halides is 3. The fourth-order valence-corrected chi connectivity index (χ4v) is 2.98. The number of hydrogen-bond donors (Lipinski definition) is 1. The molecule has 0 amide bonds. The molecule has 1 heterocycles. The van der Waals surface area contributed by atoms with Crippen molar-refractivity contribution in [3.8, 4) is 0 Å². The second-order valence-electron chi connectivity index (χ2n) is 5.99. The van der Waals surface area contributed by atoms with Gasteiger partial charge in [-0.15, -0.1) is 0 Å². The van der Waals surface area contributed by atoms with Crippen LogP contribution in [-0.4, -0.2) is 37.3 Å². The summed E-state index contributed by atoms with van der Waals surface area (Å²) in [6, 6.07) is 9.09. The molecule has 8 heteroatoms. The highest BCUT2D eigenvalue weighted by Crippen LogP contribution is 2.32. The lowest BCUT2D eigenvalue weighted by Gasteiger charge is -2.37. The van der Waals surface area contributed by atoms with Crippen molar-refractivity contribution in [2.24, 2.45) is 0 Å². The molecular weight excluding hydrogens is 352 g/mol.